The summed E-state index contributed by atoms with van der Waals surface area (Å²) >= 11 is 5.98. The van der Waals surface area contributed by atoms with Crippen LogP contribution in [0.3, 0.4) is 0 Å². The van der Waals surface area contributed by atoms with E-state index >= 15 is 0 Å². The van der Waals surface area contributed by atoms with Crippen molar-refractivity contribution in [3.05, 3.63) is 21.7 Å². The lowest BCUT2D eigenvalue weighted by Crippen LogP contribution is -2.03. The number of carbonyl (C=O) groups is 1. The number of phenols is 2. The third-order valence-electron chi connectivity index (χ3n) is 4.24. The Bertz CT molecular complexity index is 528. The van der Waals surface area contributed by atoms with Crippen molar-refractivity contribution in [2.75, 3.05) is 0 Å². The zero-order chi connectivity index (χ0) is 17.4. The van der Waals surface area contributed by atoms with Gasteiger partial charge in [-0.25, -0.2) is 0 Å². The molecule has 0 fully saturated rings. The number of aldehydes is 1. The first kappa shape index (κ1) is 19.8. The lowest BCUT2D eigenvalue weighted by Gasteiger charge is -2.18. The van der Waals surface area contributed by atoms with Gasteiger partial charge >= 0.3 is 0 Å². The van der Waals surface area contributed by atoms with Crippen LogP contribution in [-0.4, -0.2) is 21.6 Å². The first-order valence-corrected chi connectivity index (χ1v) is 8.70. The van der Waals surface area contributed by atoms with Gasteiger partial charge in [0, 0.05) is 0 Å². The predicted octanol–water partition coefficient (Wildman–Crippen LogP) is 5.05. The summed E-state index contributed by atoms with van der Waals surface area (Å²) in [6.45, 7) is 3.72. The van der Waals surface area contributed by atoms with Crippen molar-refractivity contribution in [1.29, 1.82) is 0 Å². The molecule has 130 valence electrons. The zero-order valence-corrected chi connectivity index (χ0v) is 14.7. The number of carbonyl (C=O) groups excluding carboxylic acids is 1. The highest BCUT2D eigenvalue weighted by Gasteiger charge is 2.24. The molecule has 5 heteroatoms. The number of benzene rings is 1. The Hall–Kier alpha value is -1.26. The van der Waals surface area contributed by atoms with Gasteiger partial charge in [-0.15, -0.1) is 0 Å². The summed E-state index contributed by atoms with van der Waals surface area (Å²) in [6, 6.07) is 0. The molecular formula is C18H27ClO4. The molecule has 1 rings (SSSR count). The fourth-order valence-electron chi connectivity index (χ4n) is 2.75. The number of hydrogen-bond donors (Lipinski definition) is 3. The zero-order valence-electron chi connectivity index (χ0n) is 13.9. The number of aliphatic hydroxyl groups excluding tert-OH is 1. The molecule has 0 bridgehead atoms. The number of unbranched alkanes of at least 4 members (excludes halogenated alkanes) is 6. The quantitative estimate of drug-likeness (QED) is 0.411. The molecule has 0 saturated carbocycles. The lowest BCUT2D eigenvalue weighted by atomic mass is 9.95. The molecule has 0 amide bonds. The van der Waals surface area contributed by atoms with E-state index in [1.165, 1.54) is 32.6 Å². The highest BCUT2D eigenvalue weighted by Crippen LogP contribution is 2.44. The molecule has 0 saturated heterocycles. The molecule has 1 unspecified atom stereocenters. The van der Waals surface area contributed by atoms with Crippen LogP contribution in [0.25, 0.3) is 0 Å². The minimum Gasteiger partial charge on any atom is -0.507 e. The monoisotopic (exact) mass is 342 g/mol. The molecule has 0 radical (unpaired) electrons. The van der Waals surface area contributed by atoms with Gasteiger partial charge in [-0.05, 0) is 18.9 Å². The van der Waals surface area contributed by atoms with Crippen molar-refractivity contribution >= 4 is 17.9 Å². The molecule has 1 atom stereocenters. The fourth-order valence-corrected chi connectivity index (χ4v) is 2.95. The Morgan fingerprint density at radius 3 is 2.17 bits per heavy atom. The van der Waals surface area contributed by atoms with Gasteiger partial charge in [0.1, 0.15) is 11.5 Å². The molecule has 4 nitrogen and oxygen atoms in total. The van der Waals surface area contributed by atoms with Gasteiger partial charge in [0.15, 0.2) is 6.29 Å². The fraction of sp³-hybridized carbons (Fsp3) is 0.611. The van der Waals surface area contributed by atoms with Gasteiger partial charge < -0.3 is 15.3 Å². The Morgan fingerprint density at radius 1 is 1.04 bits per heavy atom. The van der Waals surface area contributed by atoms with Gasteiger partial charge in [0.25, 0.3) is 0 Å². The van der Waals surface area contributed by atoms with Crippen molar-refractivity contribution in [1.82, 2.24) is 0 Å². The Labute approximate surface area is 143 Å². The maximum absolute atomic E-state index is 11.1. The van der Waals surface area contributed by atoms with Crippen molar-refractivity contribution in [3.8, 4) is 11.5 Å². The lowest BCUT2D eigenvalue weighted by molar-refractivity contribution is 0.111. The number of halogens is 1. The minimum absolute atomic E-state index is 0.00137. The average molecular weight is 343 g/mol. The van der Waals surface area contributed by atoms with Gasteiger partial charge in [-0.3, -0.25) is 4.79 Å². The van der Waals surface area contributed by atoms with E-state index in [0.717, 1.165) is 19.3 Å². The standard InChI is InChI=1S/C18H27ClO4/c1-3-4-5-6-7-8-9-10-14(21)15-17(22)13(11-20)12(2)16(19)18(15)23/h11,14,21-23H,3-10H2,1-2H3. The summed E-state index contributed by atoms with van der Waals surface area (Å²) in [5, 5.41) is 30.5. The van der Waals surface area contributed by atoms with Crippen molar-refractivity contribution in [3.63, 3.8) is 0 Å². The van der Waals surface area contributed by atoms with Crippen LogP contribution >= 0.6 is 11.6 Å². The van der Waals surface area contributed by atoms with E-state index < -0.39 is 6.10 Å². The number of aliphatic hydroxyl groups is 1. The predicted molar refractivity (Wildman–Crippen MR) is 92.5 cm³/mol. The summed E-state index contributed by atoms with van der Waals surface area (Å²) in [5.74, 6) is -0.724. The van der Waals surface area contributed by atoms with Crippen LogP contribution in [0.15, 0.2) is 0 Å². The van der Waals surface area contributed by atoms with Gasteiger partial charge in [0.2, 0.25) is 0 Å². The second kappa shape index (κ2) is 9.78. The molecule has 1 aromatic rings. The van der Waals surface area contributed by atoms with Crippen molar-refractivity contribution in [2.45, 2.75) is 71.3 Å². The Kier molecular flexibility index (Phi) is 8.42. The van der Waals surface area contributed by atoms with E-state index in [2.05, 4.69) is 6.92 Å². The van der Waals surface area contributed by atoms with E-state index in [4.69, 9.17) is 11.6 Å². The van der Waals surface area contributed by atoms with Crippen LogP contribution in [0.5, 0.6) is 11.5 Å². The van der Waals surface area contributed by atoms with Gasteiger partial charge in [-0.2, -0.15) is 0 Å². The summed E-state index contributed by atoms with van der Waals surface area (Å²) in [7, 11) is 0. The third-order valence-corrected chi connectivity index (χ3v) is 4.70. The van der Waals surface area contributed by atoms with Crippen molar-refractivity contribution in [2.24, 2.45) is 0 Å². The molecule has 23 heavy (non-hydrogen) atoms. The van der Waals surface area contributed by atoms with Crippen LogP contribution < -0.4 is 0 Å². The van der Waals surface area contributed by atoms with E-state index in [0.29, 0.717) is 18.3 Å². The maximum atomic E-state index is 11.1. The molecular weight excluding hydrogens is 316 g/mol. The van der Waals surface area contributed by atoms with Crippen LogP contribution in [0, 0.1) is 6.92 Å². The number of aromatic hydroxyl groups is 2. The average Bonchev–Trinajstić information content (AvgIpc) is 2.52. The van der Waals surface area contributed by atoms with Gasteiger partial charge in [-0.1, -0.05) is 63.5 Å². The van der Waals surface area contributed by atoms with E-state index in [9.17, 15) is 20.1 Å². The first-order valence-electron chi connectivity index (χ1n) is 8.32. The Balaban J connectivity index is 2.68. The number of rotatable bonds is 10. The molecule has 0 spiro atoms. The van der Waals surface area contributed by atoms with Crippen LogP contribution in [0.4, 0.5) is 0 Å². The minimum atomic E-state index is -1.04. The second-order valence-electron chi connectivity index (χ2n) is 6.01. The molecule has 0 aliphatic heterocycles. The molecule has 3 N–H and O–H groups in total. The van der Waals surface area contributed by atoms with E-state index in [1.54, 1.807) is 0 Å². The highest BCUT2D eigenvalue weighted by atomic mass is 35.5. The summed E-state index contributed by atoms with van der Waals surface area (Å²) < 4.78 is 0. The number of phenolic OH excluding ortho intramolecular Hbond substituents is 2. The normalized spacial score (nSPS) is 12.3. The first-order chi connectivity index (χ1) is 11.0. The molecule has 0 aromatic heterocycles. The van der Waals surface area contributed by atoms with Crippen LogP contribution in [0.1, 0.15) is 85.9 Å². The summed E-state index contributed by atoms with van der Waals surface area (Å²) in [6.07, 6.45) is 7.62. The molecule has 0 heterocycles. The molecule has 0 aliphatic rings. The third kappa shape index (κ3) is 5.11. The SMILES string of the molecule is CCCCCCCCCC(O)c1c(O)c(Cl)c(C)c(C=O)c1O. The second-order valence-corrected chi connectivity index (χ2v) is 6.39. The van der Waals surface area contributed by atoms with E-state index in [-0.39, 0.29) is 27.6 Å². The number of hydrogen-bond acceptors (Lipinski definition) is 4. The topological polar surface area (TPSA) is 77.8 Å². The van der Waals surface area contributed by atoms with Gasteiger partial charge in [0.05, 0.1) is 22.3 Å². The summed E-state index contributed by atoms with van der Waals surface area (Å²) in [4.78, 5) is 11.1. The molecule has 1 aromatic carbocycles. The smallest absolute Gasteiger partial charge is 0.154 e. The summed E-state index contributed by atoms with van der Waals surface area (Å²) in [5.41, 5.74) is 0.277. The Morgan fingerprint density at radius 2 is 1.61 bits per heavy atom. The van der Waals surface area contributed by atoms with Crippen LogP contribution in [-0.2, 0) is 0 Å². The van der Waals surface area contributed by atoms with Crippen LogP contribution in [0.2, 0.25) is 5.02 Å². The molecule has 0 aliphatic carbocycles. The highest BCUT2D eigenvalue weighted by molar-refractivity contribution is 6.33. The maximum Gasteiger partial charge on any atom is 0.154 e. The largest absolute Gasteiger partial charge is 0.507 e. The van der Waals surface area contributed by atoms with E-state index in [1.807, 2.05) is 0 Å². The van der Waals surface area contributed by atoms with Crippen molar-refractivity contribution < 1.29 is 20.1 Å².